The van der Waals surface area contributed by atoms with Crippen LogP contribution >= 0.6 is 0 Å². The highest BCUT2D eigenvalue weighted by molar-refractivity contribution is 5.75. The Kier molecular flexibility index (Phi) is 3.70. The summed E-state index contributed by atoms with van der Waals surface area (Å²) in [5, 5.41) is 11.8. The molecule has 1 atom stereocenters. The van der Waals surface area contributed by atoms with Crippen LogP contribution in [-0.4, -0.2) is 18.1 Å². The minimum Gasteiger partial charge on any atom is -0.480 e. The first kappa shape index (κ1) is 12.7. The van der Waals surface area contributed by atoms with Gasteiger partial charge >= 0.3 is 5.97 Å². The van der Waals surface area contributed by atoms with Gasteiger partial charge in [0.15, 0.2) is 0 Å². The van der Waals surface area contributed by atoms with Crippen molar-refractivity contribution in [3.05, 3.63) is 35.4 Å². The van der Waals surface area contributed by atoms with E-state index in [1.165, 1.54) is 5.56 Å². The van der Waals surface area contributed by atoms with E-state index < -0.39 is 12.0 Å². The van der Waals surface area contributed by atoms with Crippen molar-refractivity contribution < 1.29 is 9.90 Å². The summed E-state index contributed by atoms with van der Waals surface area (Å²) in [5.41, 5.74) is 2.08. The van der Waals surface area contributed by atoms with Crippen LogP contribution in [0, 0.1) is 0 Å². The molecule has 3 nitrogen and oxygen atoms in total. The zero-order chi connectivity index (χ0) is 12.3. The fraction of sp³-hybridized carbons (Fsp3) is 0.462. The summed E-state index contributed by atoms with van der Waals surface area (Å²) in [6, 6.07) is 7.09. The number of hydrogen-bond acceptors (Lipinski definition) is 2. The molecule has 88 valence electrons. The summed E-state index contributed by atoms with van der Waals surface area (Å²) in [6.45, 7) is 6.40. The topological polar surface area (TPSA) is 49.3 Å². The van der Waals surface area contributed by atoms with Crippen molar-refractivity contribution in [2.24, 2.45) is 0 Å². The van der Waals surface area contributed by atoms with Crippen LogP contribution in [0.2, 0.25) is 0 Å². The van der Waals surface area contributed by atoms with Gasteiger partial charge in [0, 0.05) is 0 Å². The van der Waals surface area contributed by atoms with E-state index in [0.29, 0.717) is 0 Å². The lowest BCUT2D eigenvalue weighted by molar-refractivity contribution is -0.139. The molecule has 0 fully saturated rings. The van der Waals surface area contributed by atoms with Gasteiger partial charge in [-0.3, -0.25) is 4.79 Å². The van der Waals surface area contributed by atoms with E-state index >= 15 is 0 Å². The van der Waals surface area contributed by atoms with E-state index in [9.17, 15) is 4.79 Å². The molecule has 2 N–H and O–H groups in total. The second kappa shape index (κ2) is 4.66. The van der Waals surface area contributed by atoms with Gasteiger partial charge in [-0.25, -0.2) is 0 Å². The van der Waals surface area contributed by atoms with Crippen LogP contribution in [0.25, 0.3) is 0 Å². The highest BCUT2D eigenvalue weighted by Gasteiger charge is 2.18. The van der Waals surface area contributed by atoms with Crippen LogP contribution in [0.5, 0.6) is 0 Å². The van der Waals surface area contributed by atoms with Crippen molar-refractivity contribution in [2.75, 3.05) is 7.05 Å². The third-order valence-electron chi connectivity index (χ3n) is 2.65. The number of carbonyl (C=O) groups is 1. The monoisotopic (exact) mass is 221 g/mol. The van der Waals surface area contributed by atoms with E-state index in [2.05, 4.69) is 26.1 Å². The van der Waals surface area contributed by atoms with Crippen LogP contribution in [0.1, 0.15) is 37.9 Å². The van der Waals surface area contributed by atoms with Crippen molar-refractivity contribution >= 4 is 5.97 Å². The fourth-order valence-corrected chi connectivity index (χ4v) is 1.61. The predicted octanol–water partition coefficient (Wildman–Crippen LogP) is 2.33. The lowest BCUT2D eigenvalue weighted by Crippen LogP contribution is -2.25. The smallest absolute Gasteiger partial charge is 0.325 e. The van der Waals surface area contributed by atoms with Crippen molar-refractivity contribution in [3.63, 3.8) is 0 Å². The van der Waals surface area contributed by atoms with Crippen LogP contribution in [0.4, 0.5) is 0 Å². The third kappa shape index (κ3) is 2.83. The second-order valence-corrected chi connectivity index (χ2v) is 4.93. The Hall–Kier alpha value is -1.35. The van der Waals surface area contributed by atoms with Crippen molar-refractivity contribution in [3.8, 4) is 0 Å². The maximum Gasteiger partial charge on any atom is 0.325 e. The molecular weight excluding hydrogens is 202 g/mol. The average molecular weight is 221 g/mol. The Morgan fingerprint density at radius 3 is 2.06 bits per heavy atom. The van der Waals surface area contributed by atoms with E-state index in [4.69, 9.17) is 5.11 Å². The minimum atomic E-state index is -0.856. The molecule has 0 saturated heterocycles. The van der Waals surface area contributed by atoms with Crippen molar-refractivity contribution in [2.45, 2.75) is 32.2 Å². The molecule has 16 heavy (non-hydrogen) atoms. The number of benzene rings is 1. The number of rotatable bonds is 3. The van der Waals surface area contributed by atoms with Crippen molar-refractivity contribution in [1.29, 1.82) is 0 Å². The Bertz CT molecular complexity index is 363. The molecule has 0 radical (unpaired) electrons. The van der Waals surface area contributed by atoms with Crippen LogP contribution in [0.3, 0.4) is 0 Å². The molecule has 1 rings (SSSR count). The first-order valence-corrected chi connectivity index (χ1v) is 5.37. The third-order valence-corrected chi connectivity index (χ3v) is 2.65. The van der Waals surface area contributed by atoms with E-state index in [-0.39, 0.29) is 5.41 Å². The molecular formula is C13H19NO2. The standard InChI is InChI=1S/C13H19NO2/c1-13(2,3)10-7-5-9(6-8-10)11(14-4)12(15)16/h5-8,11,14H,1-4H3,(H,15,16). The molecule has 0 aliphatic rings. The Balaban J connectivity index is 2.98. The van der Waals surface area contributed by atoms with Crippen LogP contribution in [0.15, 0.2) is 24.3 Å². The molecule has 0 aliphatic heterocycles. The molecule has 0 heterocycles. The largest absolute Gasteiger partial charge is 0.480 e. The van der Waals surface area contributed by atoms with Crippen LogP contribution < -0.4 is 5.32 Å². The zero-order valence-corrected chi connectivity index (χ0v) is 10.2. The van der Waals surface area contributed by atoms with E-state index in [1.807, 2.05) is 24.3 Å². The van der Waals surface area contributed by atoms with Gasteiger partial charge in [-0.15, -0.1) is 0 Å². The molecule has 0 aliphatic carbocycles. The van der Waals surface area contributed by atoms with Gasteiger partial charge in [0.2, 0.25) is 0 Å². The lowest BCUT2D eigenvalue weighted by Gasteiger charge is -2.20. The fourth-order valence-electron chi connectivity index (χ4n) is 1.61. The maximum absolute atomic E-state index is 11.0. The average Bonchev–Trinajstić information content (AvgIpc) is 2.17. The Morgan fingerprint density at radius 1 is 1.25 bits per heavy atom. The van der Waals surface area contributed by atoms with Gasteiger partial charge in [0.25, 0.3) is 0 Å². The highest BCUT2D eigenvalue weighted by atomic mass is 16.4. The zero-order valence-electron chi connectivity index (χ0n) is 10.2. The summed E-state index contributed by atoms with van der Waals surface area (Å²) >= 11 is 0. The van der Waals surface area contributed by atoms with E-state index in [0.717, 1.165) is 5.56 Å². The highest BCUT2D eigenvalue weighted by Crippen LogP contribution is 2.23. The molecule has 1 unspecified atom stereocenters. The number of hydrogen-bond donors (Lipinski definition) is 2. The summed E-state index contributed by atoms with van der Waals surface area (Å²) in [6.07, 6.45) is 0. The van der Waals surface area contributed by atoms with Gasteiger partial charge in [-0.05, 0) is 23.6 Å². The van der Waals surface area contributed by atoms with Gasteiger partial charge in [0.1, 0.15) is 6.04 Å². The summed E-state index contributed by atoms with van der Waals surface area (Å²) in [4.78, 5) is 11.0. The number of carboxylic acids is 1. The SMILES string of the molecule is CNC(C(=O)O)c1ccc(C(C)(C)C)cc1. The quantitative estimate of drug-likeness (QED) is 0.823. The lowest BCUT2D eigenvalue weighted by atomic mass is 9.86. The van der Waals surface area contributed by atoms with Crippen molar-refractivity contribution in [1.82, 2.24) is 5.32 Å². The van der Waals surface area contributed by atoms with Gasteiger partial charge < -0.3 is 10.4 Å². The predicted molar refractivity (Wildman–Crippen MR) is 64.6 cm³/mol. The van der Waals surface area contributed by atoms with Gasteiger partial charge in [-0.1, -0.05) is 45.0 Å². The molecule has 1 aromatic rings. The van der Waals surface area contributed by atoms with Gasteiger partial charge in [0.05, 0.1) is 0 Å². The number of carboxylic acid groups (broad SMARTS) is 1. The first-order valence-electron chi connectivity index (χ1n) is 5.37. The molecule has 3 heteroatoms. The van der Waals surface area contributed by atoms with Gasteiger partial charge in [-0.2, -0.15) is 0 Å². The first-order chi connectivity index (χ1) is 7.36. The molecule has 0 bridgehead atoms. The van der Waals surface area contributed by atoms with Crippen LogP contribution in [-0.2, 0) is 10.2 Å². The normalized spacial score (nSPS) is 13.5. The summed E-state index contributed by atoms with van der Waals surface area (Å²) in [7, 11) is 1.65. The summed E-state index contributed by atoms with van der Waals surface area (Å²) < 4.78 is 0. The molecule has 0 amide bonds. The number of aliphatic carboxylic acids is 1. The Labute approximate surface area is 96.5 Å². The second-order valence-electron chi connectivity index (χ2n) is 4.93. The maximum atomic E-state index is 11.0. The molecule has 1 aromatic carbocycles. The molecule has 0 spiro atoms. The number of nitrogens with one attached hydrogen (secondary N) is 1. The molecule has 0 aromatic heterocycles. The Morgan fingerprint density at radius 2 is 1.75 bits per heavy atom. The summed E-state index contributed by atoms with van der Waals surface area (Å²) in [5.74, 6) is -0.856. The minimum absolute atomic E-state index is 0.0941. The number of likely N-dealkylation sites (N-methyl/N-ethyl adjacent to an activating group) is 1. The molecule has 0 saturated carbocycles. The van der Waals surface area contributed by atoms with E-state index in [1.54, 1.807) is 7.05 Å².